The van der Waals surface area contributed by atoms with Gasteiger partial charge in [-0.3, -0.25) is 0 Å². The van der Waals surface area contributed by atoms with E-state index < -0.39 is 0 Å². The van der Waals surface area contributed by atoms with Gasteiger partial charge >= 0.3 is 0 Å². The molecule has 0 radical (unpaired) electrons. The number of thiocarbonyl (C=S) groups is 2. The van der Waals surface area contributed by atoms with Crippen LogP contribution in [0.5, 0.6) is 11.5 Å². The minimum Gasteiger partial charge on any atom is -0.494 e. The standard InChI is InChI=1S/C25H28N8O2S2/c1-3-34-22-9-5-18(6-10-22)28-24(36)30-20-13-26-32(15-20)17-33-16-21(14-27-33)31-25(37)29-19-7-11-23(12-8-19)35-4-2/h5-16H,3-4,17H2,1-2H3,(H2,28,30,36)(H2,29,31,37). The first kappa shape index (κ1) is 25.9. The van der Waals surface area contributed by atoms with Gasteiger partial charge in [0.15, 0.2) is 10.2 Å². The molecule has 0 bridgehead atoms. The summed E-state index contributed by atoms with van der Waals surface area (Å²) in [6.07, 6.45) is 7.09. The third kappa shape index (κ3) is 7.92. The van der Waals surface area contributed by atoms with Gasteiger partial charge < -0.3 is 30.7 Å². The Morgan fingerprint density at radius 3 is 1.41 bits per heavy atom. The Morgan fingerprint density at radius 2 is 1.03 bits per heavy atom. The van der Waals surface area contributed by atoms with Gasteiger partial charge in [0.2, 0.25) is 0 Å². The second-order valence-corrected chi connectivity index (χ2v) is 8.57. The number of ether oxygens (including phenoxy) is 2. The molecule has 0 aliphatic heterocycles. The van der Waals surface area contributed by atoms with Crippen LogP contribution in [0, 0.1) is 0 Å². The molecule has 192 valence electrons. The van der Waals surface area contributed by atoms with Crippen molar-refractivity contribution in [1.29, 1.82) is 0 Å². The van der Waals surface area contributed by atoms with Gasteiger partial charge in [-0.2, -0.15) is 10.2 Å². The molecular formula is C25H28N8O2S2. The first-order valence-electron chi connectivity index (χ1n) is 11.7. The molecule has 4 N–H and O–H groups in total. The topological polar surface area (TPSA) is 102 Å². The number of hydrogen-bond donors (Lipinski definition) is 4. The Morgan fingerprint density at radius 1 is 0.649 bits per heavy atom. The summed E-state index contributed by atoms with van der Waals surface area (Å²) in [7, 11) is 0. The molecule has 0 saturated heterocycles. The van der Waals surface area contributed by atoms with Crippen LogP contribution in [0.15, 0.2) is 73.3 Å². The van der Waals surface area contributed by atoms with Crippen molar-refractivity contribution in [3.63, 3.8) is 0 Å². The highest BCUT2D eigenvalue weighted by atomic mass is 32.1. The molecule has 0 aliphatic carbocycles. The molecule has 37 heavy (non-hydrogen) atoms. The van der Waals surface area contributed by atoms with E-state index in [9.17, 15) is 0 Å². The van der Waals surface area contributed by atoms with Crippen molar-refractivity contribution in [3.8, 4) is 11.5 Å². The zero-order chi connectivity index (χ0) is 26.0. The average Bonchev–Trinajstić information content (AvgIpc) is 3.51. The molecule has 4 rings (SSSR count). The maximum Gasteiger partial charge on any atom is 0.175 e. The summed E-state index contributed by atoms with van der Waals surface area (Å²) in [5, 5.41) is 22.2. The van der Waals surface area contributed by atoms with Gasteiger partial charge in [0.1, 0.15) is 18.2 Å². The maximum absolute atomic E-state index is 5.46. The first-order chi connectivity index (χ1) is 18.0. The van der Waals surface area contributed by atoms with Gasteiger partial charge in [-0.1, -0.05) is 0 Å². The maximum atomic E-state index is 5.46. The normalized spacial score (nSPS) is 10.4. The Hall–Kier alpha value is -4.16. The summed E-state index contributed by atoms with van der Waals surface area (Å²) in [6.45, 7) is 5.57. The third-order valence-electron chi connectivity index (χ3n) is 4.92. The second-order valence-electron chi connectivity index (χ2n) is 7.75. The molecule has 2 heterocycles. The van der Waals surface area contributed by atoms with E-state index >= 15 is 0 Å². The van der Waals surface area contributed by atoms with E-state index in [0.717, 1.165) is 34.2 Å². The van der Waals surface area contributed by atoms with Crippen molar-refractivity contribution in [2.75, 3.05) is 34.5 Å². The number of anilines is 4. The molecule has 2 aromatic heterocycles. The lowest BCUT2D eigenvalue weighted by Crippen LogP contribution is -2.19. The van der Waals surface area contributed by atoms with Crippen LogP contribution >= 0.6 is 24.4 Å². The van der Waals surface area contributed by atoms with E-state index in [1.54, 1.807) is 21.8 Å². The quantitative estimate of drug-likeness (QED) is 0.207. The van der Waals surface area contributed by atoms with Crippen LogP contribution < -0.4 is 30.7 Å². The molecule has 0 atom stereocenters. The largest absolute Gasteiger partial charge is 0.494 e. The van der Waals surface area contributed by atoms with Crippen molar-refractivity contribution >= 4 is 57.4 Å². The fraction of sp³-hybridized carbons (Fsp3) is 0.200. The van der Waals surface area contributed by atoms with Crippen LogP contribution in [0.2, 0.25) is 0 Å². The van der Waals surface area contributed by atoms with Gasteiger partial charge in [0, 0.05) is 11.4 Å². The van der Waals surface area contributed by atoms with Gasteiger partial charge in [-0.25, -0.2) is 9.36 Å². The molecule has 12 heteroatoms. The lowest BCUT2D eigenvalue weighted by molar-refractivity contribution is 0.340. The van der Waals surface area contributed by atoms with Gasteiger partial charge in [-0.05, 0) is 86.8 Å². The molecule has 0 saturated carbocycles. The summed E-state index contributed by atoms with van der Waals surface area (Å²) in [6, 6.07) is 15.2. The smallest absolute Gasteiger partial charge is 0.175 e. The summed E-state index contributed by atoms with van der Waals surface area (Å²) in [5.41, 5.74) is 3.24. The van der Waals surface area contributed by atoms with E-state index in [2.05, 4.69) is 31.5 Å². The Kier molecular flexibility index (Phi) is 8.89. The van der Waals surface area contributed by atoms with Crippen molar-refractivity contribution in [2.45, 2.75) is 20.5 Å². The number of nitrogens with zero attached hydrogens (tertiary/aromatic N) is 4. The van der Waals surface area contributed by atoms with Gasteiger partial charge in [0.05, 0.1) is 49.4 Å². The van der Waals surface area contributed by atoms with E-state index in [1.165, 1.54) is 0 Å². The van der Waals surface area contributed by atoms with Crippen molar-refractivity contribution < 1.29 is 9.47 Å². The van der Waals surface area contributed by atoms with Crippen molar-refractivity contribution in [3.05, 3.63) is 73.3 Å². The Labute approximate surface area is 226 Å². The third-order valence-corrected chi connectivity index (χ3v) is 5.33. The summed E-state index contributed by atoms with van der Waals surface area (Å²) in [4.78, 5) is 0. The van der Waals surface area contributed by atoms with Crippen molar-refractivity contribution in [1.82, 2.24) is 19.6 Å². The minimum atomic E-state index is 0.418. The molecule has 10 nitrogen and oxygen atoms in total. The second kappa shape index (κ2) is 12.7. The van der Waals surface area contributed by atoms with Gasteiger partial charge in [-0.15, -0.1) is 0 Å². The van der Waals surface area contributed by atoms with Crippen LogP contribution in [0.25, 0.3) is 0 Å². The van der Waals surface area contributed by atoms with Crippen LogP contribution in [0.1, 0.15) is 13.8 Å². The lowest BCUT2D eigenvalue weighted by atomic mass is 10.3. The molecule has 0 amide bonds. The predicted molar refractivity (Wildman–Crippen MR) is 155 cm³/mol. The number of rotatable bonds is 10. The monoisotopic (exact) mass is 536 g/mol. The SMILES string of the molecule is CCOc1ccc(NC(=S)Nc2cnn(Cn3cc(NC(=S)Nc4ccc(OCC)cc4)cn3)c2)cc1. The molecule has 2 aromatic carbocycles. The summed E-state index contributed by atoms with van der Waals surface area (Å²) in [5.74, 6) is 1.63. The van der Waals surface area contributed by atoms with Crippen molar-refractivity contribution in [2.24, 2.45) is 0 Å². The molecule has 4 aromatic rings. The van der Waals surface area contributed by atoms with E-state index in [-0.39, 0.29) is 0 Å². The highest BCUT2D eigenvalue weighted by Crippen LogP contribution is 2.17. The van der Waals surface area contributed by atoms with E-state index in [4.69, 9.17) is 33.9 Å². The molecular weight excluding hydrogens is 508 g/mol. The van der Waals surface area contributed by atoms with Crippen LogP contribution in [-0.4, -0.2) is 43.0 Å². The van der Waals surface area contributed by atoms with Crippen LogP contribution in [0.3, 0.4) is 0 Å². The predicted octanol–water partition coefficient (Wildman–Crippen LogP) is 5.00. The molecule has 0 spiro atoms. The minimum absolute atomic E-state index is 0.418. The van der Waals surface area contributed by atoms with E-state index in [0.29, 0.717) is 30.1 Å². The molecule has 0 unspecified atom stereocenters. The molecule has 0 fully saturated rings. The number of benzene rings is 2. The molecule has 0 aliphatic rings. The number of nitrogens with one attached hydrogen (secondary N) is 4. The van der Waals surface area contributed by atoms with Gasteiger partial charge in [0.25, 0.3) is 0 Å². The first-order valence-corrected chi connectivity index (χ1v) is 12.5. The average molecular weight is 537 g/mol. The highest BCUT2D eigenvalue weighted by Gasteiger charge is 2.06. The Bertz CT molecular complexity index is 1220. The Balaban J connectivity index is 1.24. The number of aromatic nitrogens is 4. The van der Waals surface area contributed by atoms with Crippen LogP contribution in [-0.2, 0) is 6.67 Å². The fourth-order valence-corrected chi connectivity index (χ4v) is 3.82. The number of hydrogen-bond acceptors (Lipinski definition) is 6. The highest BCUT2D eigenvalue weighted by molar-refractivity contribution is 7.81. The summed E-state index contributed by atoms with van der Waals surface area (Å²) < 4.78 is 14.4. The zero-order valence-corrected chi connectivity index (χ0v) is 22.1. The fourth-order valence-electron chi connectivity index (χ4n) is 3.35. The summed E-state index contributed by atoms with van der Waals surface area (Å²) >= 11 is 10.8. The van der Waals surface area contributed by atoms with E-state index in [1.807, 2.05) is 74.8 Å². The zero-order valence-electron chi connectivity index (χ0n) is 20.5. The lowest BCUT2D eigenvalue weighted by Gasteiger charge is -2.10. The van der Waals surface area contributed by atoms with Crippen LogP contribution in [0.4, 0.5) is 22.7 Å².